The largest absolute Gasteiger partial charge is 0.450 e. The number of nitriles is 1. The molecule has 5 rings (SSSR count). The van der Waals surface area contributed by atoms with E-state index in [9.17, 15) is 24.8 Å². The van der Waals surface area contributed by atoms with E-state index < -0.39 is 39.1 Å². The average Bonchev–Trinajstić information content (AvgIpc) is 2.91. The van der Waals surface area contributed by atoms with Gasteiger partial charge in [0.05, 0.1) is 11.0 Å². The van der Waals surface area contributed by atoms with Crippen LogP contribution in [0.25, 0.3) is 0 Å². The average molecular weight is 494 g/mol. The van der Waals surface area contributed by atoms with Gasteiger partial charge in [-0.15, -0.1) is 0 Å². The molecular formula is C30H39NO5. The summed E-state index contributed by atoms with van der Waals surface area (Å²) >= 11 is 0. The van der Waals surface area contributed by atoms with E-state index in [4.69, 9.17) is 4.74 Å². The molecule has 6 nitrogen and oxygen atoms in total. The highest BCUT2D eigenvalue weighted by Gasteiger charge is 2.77. The highest BCUT2D eigenvalue weighted by molar-refractivity contribution is 6.07. The first-order chi connectivity index (χ1) is 16.5. The Bertz CT molecular complexity index is 1180. The van der Waals surface area contributed by atoms with Crippen molar-refractivity contribution >= 4 is 17.5 Å². The Balaban J connectivity index is 1.74. The van der Waals surface area contributed by atoms with Crippen molar-refractivity contribution in [3.05, 3.63) is 23.3 Å². The molecule has 1 aliphatic heterocycles. The van der Waals surface area contributed by atoms with Crippen LogP contribution in [0.2, 0.25) is 0 Å². The third kappa shape index (κ3) is 2.79. The van der Waals surface area contributed by atoms with Crippen LogP contribution in [0.1, 0.15) is 87.0 Å². The van der Waals surface area contributed by atoms with Crippen LogP contribution >= 0.6 is 0 Å². The third-order valence-corrected chi connectivity index (χ3v) is 10.9. The van der Waals surface area contributed by atoms with E-state index >= 15 is 0 Å². The van der Waals surface area contributed by atoms with Gasteiger partial charge < -0.3 is 9.84 Å². The summed E-state index contributed by atoms with van der Waals surface area (Å²) in [5, 5.41) is 21.0. The van der Waals surface area contributed by atoms with Crippen molar-refractivity contribution in [3.8, 4) is 6.07 Å². The second kappa shape index (κ2) is 7.19. The van der Waals surface area contributed by atoms with E-state index in [2.05, 4.69) is 27.7 Å². The fourth-order valence-corrected chi connectivity index (χ4v) is 9.33. The lowest BCUT2D eigenvalue weighted by molar-refractivity contribution is -0.178. The Morgan fingerprint density at radius 1 is 1.11 bits per heavy atom. The maximum absolute atomic E-state index is 14.3. The lowest BCUT2D eigenvalue weighted by Gasteiger charge is -2.63. The van der Waals surface area contributed by atoms with Crippen molar-refractivity contribution in [3.63, 3.8) is 0 Å². The van der Waals surface area contributed by atoms with Gasteiger partial charge in [-0.3, -0.25) is 14.4 Å². The minimum absolute atomic E-state index is 0.0526. The topological polar surface area (TPSA) is 104 Å². The molecule has 2 bridgehead atoms. The van der Waals surface area contributed by atoms with Crippen LogP contribution in [-0.4, -0.2) is 33.8 Å². The molecule has 3 fully saturated rings. The smallest absolute Gasteiger partial charge is 0.313 e. The van der Waals surface area contributed by atoms with Gasteiger partial charge in [0.2, 0.25) is 5.78 Å². The molecule has 0 aromatic rings. The Kier molecular flexibility index (Phi) is 5.07. The zero-order valence-corrected chi connectivity index (χ0v) is 22.7. The fraction of sp³-hybridized carbons (Fsp3) is 0.733. The van der Waals surface area contributed by atoms with Crippen molar-refractivity contribution in [2.75, 3.05) is 0 Å². The first kappa shape index (κ1) is 25.4. The molecule has 1 heterocycles. The first-order valence-electron chi connectivity index (χ1n) is 13.5. The third-order valence-electron chi connectivity index (χ3n) is 10.9. The summed E-state index contributed by atoms with van der Waals surface area (Å²) in [7, 11) is 0. The number of nitrogens with zero attached hydrogens (tertiary/aromatic N) is 1. The molecule has 0 aromatic heterocycles. The van der Waals surface area contributed by atoms with Crippen molar-refractivity contribution in [2.45, 2.75) is 98.2 Å². The van der Waals surface area contributed by atoms with E-state index in [-0.39, 0.29) is 34.6 Å². The molecule has 5 aliphatic rings. The van der Waals surface area contributed by atoms with E-state index in [1.54, 1.807) is 12.2 Å². The van der Waals surface area contributed by atoms with Crippen molar-refractivity contribution < 1.29 is 24.2 Å². The van der Waals surface area contributed by atoms with Gasteiger partial charge in [0.15, 0.2) is 11.4 Å². The number of ether oxygens (including phenoxy) is 1. The van der Waals surface area contributed by atoms with Gasteiger partial charge in [-0.2, -0.15) is 5.26 Å². The van der Waals surface area contributed by atoms with Crippen LogP contribution in [0.5, 0.6) is 0 Å². The van der Waals surface area contributed by atoms with Crippen LogP contribution in [0.15, 0.2) is 23.3 Å². The summed E-state index contributed by atoms with van der Waals surface area (Å²) in [5.74, 6) is -1.76. The van der Waals surface area contributed by atoms with Gasteiger partial charge in [-0.25, -0.2) is 0 Å². The monoisotopic (exact) mass is 493 g/mol. The molecule has 194 valence electrons. The standard InChI is InChI=1S/C30H39NO5/c1-8-29-12-10-19-26(5)11-9-18-27(6,14-17(16-31)23(33)28(18,7)35)20(26)13-22(32)30(19,36-24(29)34)21(29)15-25(2,3)4/h13-14,18-19,21,35H,8-12,15H2,1-7H3/t18?,19?,21?,26-,27-,28-,29-,30+/m0/s1. The van der Waals surface area contributed by atoms with E-state index in [1.165, 1.54) is 6.92 Å². The van der Waals surface area contributed by atoms with E-state index in [0.717, 1.165) is 12.0 Å². The van der Waals surface area contributed by atoms with Gasteiger partial charge in [-0.05, 0) is 67.9 Å². The van der Waals surface area contributed by atoms with E-state index in [0.29, 0.717) is 32.1 Å². The Morgan fingerprint density at radius 2 is 1.75 bits per heavy atom. The second-order valence-electron chi connectivity index (χ2n) is 14.0. The molecule has 3 unspecified atom stereocenters. The zero-order chi connectivity index (χ0) is 26.7. The quantitative estimate of drug-likeness (QED) is 0.551. The highest BCUT2D eigenvalue weighted by Crippen LogP contribution is 2.72. The number of hydrogen-bond acceptors (Lipinski definition) is 6. The first-order valence-corrected chi connectivity index (χ1v) is 13.5. The summed E-state index contributed by atoms with van der Waals surface area (Å²) in [6.07, 6.45) is 7.41. The van der Waals surface area contributed by atoms with Gasteiger partial charge >= 0.3 is 5.97 Å². The van der Waals surface area contributed by atoms with Gasteiger partial charge in [-0.1, -0.05) is 47.6 Å². The molecule has 2 saturated carbocycles. The minimum Gasteiger partial charge on any atom is -0.450 e. The number of Topliss-reactive ketones (excluding diaryl/α,β-unsaturated/α-hetero) is 1. The maximum atomic E-state index is 14.3. The number of esters is 1. The molecule has 1 N–H and O–H groups in total. The normalized spacial score (nSPS) is 47.6. The maximum Gasteiger partial charge on any atom is 0.313 e. The molecule has 1 spiro atoms. The molecule has 1 saturated heterocycles. The molecule has 6 heteroatoms. The number of allylic oxidation sites excluding steroid dienone is 2. The van der Waals surface area contributed by atoms with Crippen molar-refractivity contribution in [2.24, 2.45) is 39.4 Å². The predicted octanol–water partition coefficient (Wildman–Crippen LogP) is 4.86. The highest BCUT2D eigenvalue weighted by atomic mass is 16.6. The van der Waals surface area contributed by atoms with Gasteiger partial charge in [0, 0.05) is 23.2 Å². The second-order valence-corrected chi connectivity index (χ2v) is 14.0. The Hall–Kier alpha value is -2.26. The van der Waals surface area contributed by atoms with Crippen LogP contribution in [-0.2, 0) is 19.1 Å². The number of carbonyl (C=O) groups is 3. The molecule has 8 atom stereocenters. The van der Waals surface area contributed by atoms with Crippen molar-refractivity contribution in [1.29, 1.82) is 5.26 Å². The number of rotatable bonds is 2. The molecule has 4 aliphatic carbocycles. The van der Waals surface area contributed by atoms with Crippen LogP contribution in [0.3, 0.4) is 0 Å². The van der Waals surface area contributed by atoms with Crippen LogP contribution in [0, 0.1) is 50.7 Å². The number of aliphatic hydroxyl groups is 1. The summed E-state index contributed by atoms with van der Waals surface area (Å²) in [5.41, 5.74) is -4.08. The van der Waals surface area contributed by atoms with Gasteiger partial charge in [0.1, 0.15) is 11.7 Å². The molecule has 0 amide bonds. The SMILES string of the molecule is CC[C@@]12CCC3[C@](OC1=O)(C(=O)C=C1[C@@]4(C)C=C(C#N)C(=O)[C@@](C)(O)C4CC[C@]13C)C2CC(C)(C)C. The summed E-state index contributed by atoms with van der Waals surface area (Å²) in [4.78, 5) is 40.8. The van der Waals surface area contributed by atoms with Gasteiger partial charge in [0.25, 0.3) is 0 Å². The lowest BCUT2D eigenvalue weighted by Crippen LogP contribution is -2.66. The molecule has 0 radical (unpaired) electrons. The van der Waals surface area contributed by atoms with Crippen LogP contribution < -0.4 is 0 Å². The number of hydrogen-bond donors (Lipinski definition) is 1. The van der Waals surface area contributed by atoms with E-state index in [1.807, 2.05) is 19.9 Å². The lowest BCUT2D eigenvalue weighted by atomic mass is 9.39. The minimum atomic E-state index is -1.69. The summed E-state index contributed by atoms with van der Waals surface area (Å²) in [6, 6.07) is 1.99. The predicted molar refractivity (Wildman–Crippen MR) is 133 cm³/mol. The summed E-state index contributed by atoms with van der Waals surface area (Å²) in [6.45, 7) is 14.1. The Labute approximate surface area is 214 Å². The molecule has 36 heavy (non-hydrogen) atoms. The Morgan fingerprint density at radius 3 is 2.33 bits per heavy atom. The molecular weight excluding hydrogens is 454 g/mol. The number of carbonyl (C=O) groups excluding carboxylic acids is 3. The number of ketones is 2. The molecule has 0 aromatic carbocycles. The number of fused-ring (bicyclic) bond motifs is 5. The zero-order valence-electron chi connectivity index (χ0n) is 22.7. The van der Waals surface area contributed by atoms with Crippen molar-refractivity contribution in [1.82, 2.24) is 0 Å². The fourth-order valence-electron chi connectivity index (χ4n) is 9.33. The van der Waals surface area contributed by atoms with Crippen LogP contribution in [0.4, 0.5) is 0 Å². The summed E-state index contributed by atoms with van der Waals surface area (Å²) < 4.78 is 6.32.